The fraction of sp³-hybridized carbons (Fsp3) is 0.600. The summed E-state index contributed by atoms with van der Waals surface area (Å²) in [6, 6.07) is 4.36. The third kappa shape index (κ3) is 6.83. The van der Waals surface area contributed by atoms with Crippen molar-refractivity contribution in [3.8, 4) is 0 Å². The monoisotopic (exact) mass is 376 g/mol. The average Bonchev–Trinajstić information content (AvgIpc) is 2.43. The van der Waals surface area contributed by atoms with Crippen molar-refractivity contribution in [2.75, 3.05) is 26.2 Å². The quantitative estimate of drug-likeness (QED) is 0.789. The van der Waals surface area contributed by atoms with Gasteiger partial charge >= 0.3 is 6.18 Å². The second-order valence-corrected chi connectivity index (χ2v) is 5.46. The van der Waals surface area contributed by atoms with Gasteiger partial charge in [0.2, 0.25) is 0 Å². The second kappa shape index (κ2) is 9.67. The standard InChI is InChI=1S/C15H20F4N2.2ClH/c1-11-2-3-12(10-13(11)16)14(4-5-15(17,18)19)21-8-6-20-7-9-21;;/h2-3,10,14,20H,4-9H2,1H3;2*1H/t14-;;/m0../s1. The molecular weight excluding hydrogens is 355 g/mol. The van der Waals surface area contributed by atoms with E-state index in [4.69, 9.17) is 0 Å². The summed E-state index contributed by atoms with van der Waals surface area (Å²) in [4.78, 5) is 2.01. The smallest absolute Gasteiger partial charge is 0.314 e. The summed E-state index contributed by atoms with van der Waals surface area (Å²) in [7, 11) is 0. The number of nitrogens with one attached hydrogen (secondary N) is 1. The molecular formula is C15H22Cl2F4N2. The number of halogens is 6. The van der Waals surface area contributed by atoms with Crippen molar-refractivity contribution in [1.82, 2.24) is 10.2 Å². The molecule has 1 aromatic carbocycles. The molecule has 134 valence electrons. The molecule has 1 saturated heterocycles. The Balaban J connectivity index is 0.00000242. The normalized spacial score (nSPS) is 17.1. The van der Waals surface area contributed by atoms with E-state index in [9.17, 15) is 17.6 Å². The van der Waals surface area contributed by atoms with Crippen molar-refractivity contribution >= 4 is 24.8 Å². The van der Waals surface area contributed by atoms with E-state index in [0.29, 0.717) is 24.2 Å². The molecule has 0 radical (unpaired) electrons. The van der Waals surface area contributed by atoms with Gasteiger partial charge in [0.1, 0.15) is 5.82 Å². The lowest BCUT2D eigenvalue weighted by molar-refractivity contribution is -0.138. The zero-order valence-corrected chi connectivity index (χ0v) is 14.5. The van der Waals surface area contributed by atoms with Gasteiger partial charge in [0.25, 0.3) is 0 Å². The number of piperazine rings is 1. The van der Waals surface area contributed by atoms with Crippen molar-refractivity contribution in [2.45, 2.75) is 32.0 Å². The topological polar surface area (TPSA) is 15.3 Å². The maximum absolute atomic E-state index is 13.7. The lowest BCUT2D eigenvalue weighted by Crippen LogP contribution is -2.45. The zero-order valence-electron chi connectivity index (χ0n) is 12.8. The maximum Gasteiger partial charge on any atom is 0.389 e. The van der Waals surface area contributed by atoms with Crippen molar-refractivity contribution in [1.29, 1.82) is 0 Å². The Kier molecular flexibility index (Phi) is 9.43. The number of nitrogens with zero attached hydrogens (tertiary/aromatic N) is 1. The van der Waals surface area contributed by atoms with E-state index in [1.807, 2.05) is 4.90 Å². The Morgan fingerprint density at radius 2 is 1.78 bits per heavy atom. The molecule has 1 fully saturated rings. The first-order chi connectivity index (χ1) is 9.87. The molecule has 0 spiro atoms. The van der Waals surface area contributed by atoms with E-state index < -0.39 is 12.6 Å². The fourth-order valence-corrected chi connectivity index (χ4v) is 2.67. The first kappa shape index (κ1) is 22.4. The van der Waals surface area contributed by atoms with Crippen molar-refractivity contribution < 1.29 is 17.6 Å². The lowest BCUT2D eigenvalue weighted by atomic mass is 9.98. The van der Waals surface area contributed by atoms with E-state index in [2.05, 4.69) is 5.32 Å². The van der Waals surface area contributed by atoms with Gasteiger partial charge in [-0.15, -0.1) is 24.8 Å². The second-order valence-electron chi connectivity index (χ2n) is 5.46. The molecule has 1 N–H and O–H groups in total. The Labute approximate surface area is 146 Å². The maximum atomic E-state index is 13.7. The first-order valence-corrected chi connectivity index (χ1v) is 7.14. The predicted octanol–water partition coefficient (Wildman–Crippen LogP) is 4.27. The molecule has 1 heterocycles. The fourth-order valence-electron chi connectivity index (χ4n) is 2.67. The summed E-state index contributed by atoms with van der Waals surface area (Å²) in [5.41, 5.74) is 1.14. The molecule has 0 bridgehead atoms. The lowest BCUT2D eigenvalue weighted by Gasteiger charge is -2.35. The van der Waals surface area contributed by atoms with Crippen molar-refractivity contribution in [2.24, 2.45) is 0 Å². The van der Waals surface area contributed by atoms with E-state index >= 15 is 0 Å². The molecule has 0 amide bonds. The molecule has 1 aliphatic heterocycles. The van der Waals surface area contributed by atoms with Gasteiger partial charge in [-0.05, 0) is 30.5 Å². The number of alkyl halides is 3. The van der Waals surface area contributed by atoms with Crippen LogP contribution in [0.5, 0.6) is 0 Å². The van der Waals surface area contributed by atoms with E-state index in [1.165, 1.54) is 6.07 Å². The van der Waals surface area contributed by atoms with Gasteiger partial charge in [-0.2, -0.15) is 13.2 Å². The molecule has 8 heteroatoms. The molecule has 1 atom stereocenters. The van der Waals surface area contributed by atoms with Crippen LogP contribution in [0.2, 0.25) is 0 Å². The highest BCUT2D eigenvalue weighted by molar-refractivity contribution is 5.85. The van der Waals surface area contributed by atoms with Crippen molar-refractivity contribution in [3.63, 3.8) is 0 Å². The number of hydrogen-bond acceptors (Lipinski definition) is 2. The van der Waals surface area contributed by atoms with Crippen LogP contribution in [-0.2, 0) is 0 Å². The van der Waals surface area contributed by atoms with Crippen LogP contribution in [0.4, 0.5) is 17.6 Å². The summed E-state index contributed by atoms with van der Waals surface area (Å²) >= 11 is 0. The van der Waals surface area contributed by atoms with Crippen LogP contribution < -0.4 is 5.32 Å². The Morgan fingerprint density at radius 1 is 1.17 bits per heavy atom. The van der Waals surface area contributed by atoms with Gasteiger partial charge in [0.05, 0.1) is 0 Å². The predicted molar refractivity (Wildman–Crippen MR) is 88.1 cm³/mol. The molecule has 0 aromatic heterocycles. The molecule has 1 aromatic rings. The summed E-state index contributed by atoms with van der Waals surface area (Å²) in [5, 5.41) is 3.18. The highest BCUT2D eigenvalue weighted by atomic mass is 35.5. The molecule has 23 heavy (non-hydrogen) atoms. The van der Waals surface area contributed by atoms with Crippen LogP contribution >= 0.6 is 24.8 Å². The minimum absolute atomic E-state index is 0. The minimum Gasteiger partial charge on any atom is -0.314 e. The van der Waals surface area contributed by atoms with Crippen LogP contribution in [0, 0.1) is 12.7 Å². The highest BCUT2D eigenvalue weighted by Gasteiger charge is 2.31. The van der Waals surface area contributed by atoms with Gasteiger partial charge < -0.3 is 5.32 Å². The van der Waals surface area contributed by atoms with E-state index in [0.717, 1.165) is 13.1 Å². The van der Waals surface area contributed by atoms with Crippen LogP contribution in [0.15, 0.2) is 18.2 Å². The summed E-state index contributed by atoms with van der Waals surface area (Å²) in [6.07, 6.45) is -5.07. The average molecular weight is 377 g/mol. The van der Waals surface area contributed by atoms with E-state index in [-0.39, 0.29) is 43.1 Å². The summed E-state index contributed by atoms with van der Waals surface area (Å²) in [5.74, 6) is -0.361. The third-order valence-corrected chi connectivity index (χ3v) is 3.87. The summed E-state index contributed by atoms with van der Waals surface area (Å²) in [6.45, 7) is 4.50. The SMILES string of the molecule is Cc1ccc([C@H](CCC(F)(F)F)N2CCNCC2)cc1F.Cl.Cl. The molecule has 0 unspecified atom stereocenters. The minimum atomic E-state index is -4.18. The van der Waals surface area contributed by atoms with Gasteiger partial charge in [-0.1, -0.05) is 12.1 Å². The molecule has 2 rings (SSSR count). The molecule has 0 saturated carbocycles. The molecule has 0 aliphatic carbocycles. The van der Waals surface area contributed by atoms with Crippen LogP contribution in [0.25, 0.3) is 0 Å². The van der Waals surface area contributed by atoms with Gasteiger partial charge in [0, 0.05) is 38.6 Å². The Hall–Kier alpha value is -0.560. The third-order valence-electron chi connectivity index (χ3n) is 3.87. The Morgan fingerprint density at radius 3 is 2.30 bits per heavy atom. The van der Waals surface area contributed by atoms with Crippen molar-refractivity contribution in [3.05, 3.63) is 35.1 Å². The molecule has 1 aliphatic rings. The summed E-state index contributed by atoms with van der Waals surface area (Å²) < 4.78 is 51.3. The van der Waals surface area contributed by atoms with Crippen LogP contribution in [-0.4, -0.2) is 37.3 Å². The van der Waals surface area contributed by atoms with E-state index in [1.54, 1.807) is 19.1 Å². The van der Waals surface area contributed by atoms with Gasteiger partial charge in [-0.3, -0.25) is 4.90 Å². The largest absolute Gasteiger partial charge is 0.389 e. The van der Waals surface area contributed by atoms with Crippen LogP contribution in [0.1, 0.15) is 30.0 Å². The zero-order chi connectivity index (χ0) is 15.5. The number of benzene rings is 1. The number of rotatable bonds is 4. The number of hydrogen-bond donors (Lipinski definition) is 1. The van der Waals surface area contributed by atoms with Crippen LogP contribution in [0.3, 0.4) is 0 Å². The Bertz CT molecular complexity index is 477. The molecule has 2 nitrogen and oxygen atoms in total. The first-order valence-electron chi connectivity index (χ1n) is 7.14. The number of aryl methyl sites for hydroxylation is 1. The highest BCUT2D eigenvalue weighted by Crippen LogP contribution is 2.32. The van der Waals surface area contributed by atoms with Gasteiger partial charge in [0.15, 0.2) is 0 Å². The van der Waals surface area contributed by atoms with Gasteiger partial charge in [-0.25, -0.2) is 4.39 Å².